The monoisotopic (exact) mass is 311 g/mol. The van der Waals surface area contributed by atoms with Gasteiger partial charge >= 0.3 is 0 Å². The van der Waals surface area contributed by atoms with Crippen LogP contribution in [-0.2, 0) is 0 Å². The Hall–Kier alpha value is 0.01000. The molecule has 1 heterocycles. The van der Waals surface area contributed by atoms with Crippen molar-refractivity contribution in [3.8, 4) is 0 Å². The molecule has 2 fully saturated rings. The summed E-state index contributed by atoms with van der Waals surface area (Å²) in [7, 11) is 0. The van der Waals surface area contributed by atoms with E-state index in [1.807, 2.05) is 11.8 Å². The van der Waals surface area contributed by atoms with Crippen LogP contribution in [0.3, 0.4) is 0 Å². The zero-order chi connectivity index (χ0) is 11.7. The first-order valence-electron chi connectivity index (χ1n) is 6.50. The third-order valence-electron chi connectivity index (χ3n) is 3.54. The highest BCUT2D eigenvalue weighted by atomic mass is 79.9. The van der Waals surface area contributed by atoms with Crippen molar-refractivity contribution in [2.45, 2.75) is 41.7 Å². The molecule has 0 bridgehead atoms. The van der Waals surface area contributed by atoms with Crippen LogP contribution < -0.4 is 5.32 Å². The highest BCUT2D eigenvalue weighted by Crippen LogP contribution is 2.42. The maximum Gasteiger partial charge on any atom is 0.0314 e. The van der Waals surface area contributed by atoms with Crippen LogP contribution in [0.1, 0.15) is 37.2 Å². The molecule has 1 unspecified atom stereocenters. The van der Waals surface area contributed by atoms with Crippen LogP contribution in [-0.4, -0.2) is 18.3 Å². The van der Waals surface area contributed by atoms with Crippen LogP contribution in [0.2, 0.25) is 0 Å². The number of hydrogen-bond acceptors (Lipinski definition) is 2. The molecule has 3 heteroatoms. The smallest absolute Gasteiger partial charge is 0.0314 e. The molecule has 1 aromatic rings. The third kappa shape index (κ3) is 3.07. The van der Waals surface area contributed by atoms with Crippen LogP contribution in [0.25, 0.3) is 0 Å². The van der Waals surface area contributed by atoms with Gasteiger partial charge in [-0.05, 0) is 71.8 Å². The minimum Gasteiger partial charge on any atom is -0.316 e. The fraction of sp³-hybridized carbons (Fsp3) is 0.571. The number of nitrogens with one attached hydrogen (secondary N) is 1. The lowest BCUT2D eigenvalue weighted by Crippen LogP contribution is -2.28. The van der Waals surface area contributed by atoms with Crippen molar-refractivity contribution < 1.29 is 0 Å². The van der Waals surface area contributed by atoms with Crippen LogP contribution in [0.4, 0.5) is 0 Å². The number of halogens is 1. The van der Waals surface area contributed by atoms with Gasteiger partial charge in [0.05, 0.1) is 0 Å². The summed E-state index contributed by atoms with van der Waals surface area (Å²) in [5.74, 6) is 0.708. The second-order valence-corrected chi connectivity index (χ2v) is 7.25. The Morgan fingerprint density at radius 2 is 2.12 bits per heavy atom. The predicted octanol–water partition coefficient (Wildman–Crippen LogP) is 4.17. The van der Waals surface area contributed by atoms with E-state index >= 15 is 0 Å². The number of piperidine rings is 1. The Morgan fingerprint density at radius 1 is 1.24 bits per heavy atom. The molecule has 1 aliphatic heterocycles. The van der Waals surface area contributed by atoms with Gasteiger partial charge in [0.15, 0.2) is 0 Å². The van der Waals surface area contributed by atoms with Gasteiger partial charge in [-0.25, -0.2) is 0 Å². The summed E-state index contributed by atoms with van der Waals surface area (Å²) in [6.45, 7) is 2.33. The van der Waals surface area contributed by atoms with Gasteiger partial charge in [-0.15, -0.1) is 11.8 Å². The van der Waals surface area contributed by atoms with E-state index in [1.54, 1.807) is 0 Å². The fourth-order valence-electron chi connectivity index (χ4n) is 2.37. The van der Waals surface area contributed by atoms with Gasteiger partial charge in [-0.2, -0.15) is 0 Å². The summed E-state index contributed by atoms with van der Waals surface area (Å²) >= 11 is 5.76. The molecular formula is C14H18BrNS. The van der Waals surface area contributed by atoms with Gasteiger partial charge < -0.3 is 5.32 Å². The number of benzene rings is 1. The zero-order valence-corrected chi connectivity index (χ0v) is 12.3. The minimum absolute atomic E-state index is 0.708. The average Bonchev–Trinajstić information content (AvgIpc) is 3.17. The van der Waals surface area contributed by atoms with Gasteiger partial charge in [-0.1, -0.05) is 6.07 Å². The van der Waals surface area contributed by atoms with Crippen molar-refractivity contribution in [3.63, 3.8) is 0 Å². The Morgan fingerprint density at radius 3 is 2.76 bits per heavy atom. The Bertz CT molecular complexity index is 397. The van der Waals surface area contributed by atoms with E-state index in [1.165, 1.54) is 47.2 Å². The molecule has 92 valence electrons. The molecule has 1 saturated heterocycles. The van der Waals surface area contributed by atoms with Gasteiger partial charge in [-0.3, -0.25) is 0 Å². The van der Waals surface area contributed by atoms with E-state index in [0.717, 1.165) is 11.8 Å². The lowest BCUT2D eigenvalue weighted by molar-refractivity contribution is 0.461. The molecule has 1 nitrogen and oxygen atoms in total. The van der Waals surface area contributed by atoms with E-state index in [2.05, 4.69) is 39.4 Å². The van der Waals surface area contributed by atoms with E-state index in [-0.39, 0.29) is 0 Å². The first kappa shape index (κ1) is 12.1. The van der Waals surface area contributed by atoms with Crippen molar-refractivity contribution in [3.05, 3.63) is 28.2 Å². The summed E-state index contributed by atoms with van der Waals surface area (Å²) in [5.41, 5.74) is 1.49. The summed E-state index contributed by atoms with van der Waals surface area (Å²) < 4.78 is 1.29. The van der Waals surface area contributed by atoms with Gasteiger partial charge in [0.25, 0.3) is 0 Å². The molecule has 1 aliphatic carbocycles. The average molecular weight is 312 g/mol. The summed E-state index contributed by atoms with van der Waals surface area (Å²) in [5, 5.41) is 4.37. The van der Waals surface area contributed by atoms with Gasteiger partial charge in [0.1, 0.15) is 0 Å². The molecule has 2 aliphatic rings. The molecular weight excluding hydrogens is 294 g/mol. The molecule has 0 amide bonds. The van der Waals surface area contributed by atoms with Crippen LogP contribution in [0, 0.1) is 0 Å². The van der Waals surface area contributed by atoms with Crippen molar-refractivity contribution in [1.29, 1.82) is 0 Å². The molecule has 0 radical (unpaired) electrons. The van der Waals surface area contributed by atoms with Crippen LogP contribution >= 0.6 is 27.7 Å². The summed E-state index contributed by atoms with van der Waals surface area (Å²) in [4.78, 5) is 1.42. The fourth-order valence-corrected chi connectivity index (χ4v) is 4.09. The standard InChI is InChI=1S/C14H18BrNS/c15-13-8-10(11-2-1-7-16-9-11)3-6-14(13)17-12-4-5-12/h3,6,8,11-12,16H,1-2,4-5,7,9H2. The summed E-state index contributed by atoms with van der Waals surface area (Å²) in [6.07, 6.45) is 5.42. The molecule has 0 aromatic heterocycles. The lowest BCUT2D eigenvalue weighted by Gasteiger charge is -2.23. The maximum atomic E-state index is 3.73. The number of rotatable bonds is 3. The Labute approximate surface area is 116 Å². The normalized spacial score (nSPS) is 24.9. The SMILES string of the molecule is Brc1cc(C2CCCNC2)ccc1SC1CC1. The van der Waals surface area contributed by atoms with Crippen molar-refractivity contribution in [1.82, 2.24) is 5.32 Å². The quantitative estimate of drug-likeness (QED) is 0.899. The molecule has 1 aromatic carbocycles. The largest absolute Gasteiger partial charge is 0.316 e. The summed E-state index contributed by atoms with van der Waals surface area (Å²) in [6, 6.07) is 6.96. The number of hydrogen-bond donors (Lipinski definition) is 1. The Balaban J connectivity index is 1.74. The molecule has 3 rings (SSSR count). The van der Waals surface area contributed by atoms with Crippen molar-refractivity contribution >= 4 is 27.7 Å². The highest BCUT2D eigenvalue weighted by Gasteiger charge is 2.24. The topological polar surface area (TPSA) is 12.0 Å². The molecule has 1 saturated carbocycles. The molecule has 1 atom stereocenters. The van der Waals surface area contributed by atoms with E-state index in [0.29, 0.717) is 5.92 Å². The molecule has 0 spiro atoms. The van der Waals surface area contributed by atoms with E-state index in [4.69, 9.17) is 0 Å². The first-order chi connectivity index (χ1) is 8.33. The van der Waals surface area contributed by atoms with Gasteiger partial charge in [0, 0.05) is 21.2 Å². The minimum atomic E-state index is 0.708. The van der Waals surface area contributed by atoms with E-state index < -0.39 is 0 Å². The van der Waals surface area contributed by atoms with Crippen molar-refractivity contribution in [2.75, 3.05) is 13.1 Å². The highest BCUT2D eigenvalue weighted by molar-refractivity contribution is 9.10. The maximum absolute atomic E-state index is 3.73. The molecule has 1 N–H and O–H groups in total. The van der Waals surface area contributed by atoms with Gasteiger partial charge in [0.2, 0.25) is 0 Å². The number of thioether (sulfide) groups is 1. The zero-order valence-electron chi connectivity index (χ0n) is 9.92. The van der Waals surface area contributed by atoms with Crippen LogP contribution in [0.15, 0.2) is 27.6 Å². The van der Waals surface area contributed by atoms with E-state index in [9.17, 15) is 0 Å². The second-order valence-electron chi connectivity index (χ2n) is 5.05. The van der Waals surface area contributed by atoms with Crippen LogP contribution in [0.5, 0.6) is 0 Å². The second kappa shape index (κ2) is 5.33. The Kier molecular flexibility index (Phi) is 3.78. The molecule has 17 heavy (non-hydrogen) atoms. The third-order valence-corrected chi connectivity index (χ3v) is 5.88. The van der Waals surface area contributed by atoms with Crippen molar-refractivity contribution in [2.24, 2.45) is 0 Å². The lowest BCUT2D eigenvalue weighted by atomic mass is 9.92. The predicted molar refractivity (Wildman–Crippen MR) is 77.9 cm³/mol. The first-order valence-corrected chi connectivity index (χ1v) is 8.17.